The molecule has 100 valence electrons. The molecule has 0 spiro atoms. The number of hydrogen-bond acceptors (Lipinski definition) is 3. The number of hydrogen-bond donors (Lipinski definition) is 0. The van der Waals surface area contributed by atoms with Gasteiger partial charge in [-0.3, -0.25) is 4.79 Å². The number of halogens is 1. The van der Waals surface area contributed by atoms with Crippen molar-refractivity contribution in [1.29, 1.82) is 0 Å². The molecule has 2 nitrogen and oxygen atoms in total. The number of allylic oxidation sites excluding steroid dienone is 1. The number of fused-ring (bicyclic) bond motifs is 1. The van der Waals surface area contributed by atoms with Crippen molar-refractivity contribution in [2.24, 2.45) is 0 Å². The van der Waals surface area contributed by atoms with Gasteiger partial charge in [0.15, 0.2) is 5.78 Å². The van der Waals surface area contributed by atoms with Gasteiger partial charge >= 0.3 is 0 Å². The maximum atomic E-state index is 12.2. The first kappa shape index (κ1) is 13.3. The number of rotatable bonds is 2. The van der Waals surface area contributed by atoms with Gasteiger partial charge in [0, 0.05) is 28.6 Å². The van der Waals surface area contributed by atoms with Gasteiger partial charge in [0.2, 0.25) is 0 Å². The SMILES string of the molecule is CN1C(=CC(=O)c2ccc(Cl)cc2)Sc2ccccc21. The molecule has 1 aliphatic heterocycles. The van der Waals surface area contributed by atoms with Crippen molar-refractivity contribution in [3.8, 4) is 0 Å². The Morgan fingerprint density at radius 2 is 1.85 bits per heavy atom. The van der Waals surface area contributed by atoms with E-state index in [0.29, 0.717) is 10.6 Å². The lowest BCUT2D eigenvalue weighted by Gasteiger charge is -2.12. The second kappa shape index (κ2) is 5.35. The second-order valence-electron chi connectivity index (χ2n) is 4.48. The Morgan fingerprint density at radius 3 is 2.55 bits per heavy atom. The molecular formula is C16H12ClNOS. The number of carbonyl (C=O) groups excluding carboxylic acids is 1. The average Bonchev–Trinajstić information content (AvgIpc) is 2.77. The predicted octanol–water partition coefficient (Wildman–Crippen LogP) is 4.61. The van der Waals surface area contributed by atoms with Crippen molar-refractivity contribution in [3.05, 3.63) is 70.2 Å². The maximum Gasteiger partial charge on any atom is 0.188 e. The van der Waals surface area contributed by atoms with Gasteiger partial charge in [0.1, 0.15) is 0 Å². The van der Waals surface area contributed by atoms with Crippen LogP contribution in [-0.2, 0) is 0 Å². The summed E-state index contributed by atoms with van der Waals surface area (Å²) >= 11 is 7.44. The summed E-state index contributed by atoms with van der Waals surface area (Å²) in [6.45, 7) is 0. The third kappa shape index (κ3) is 2.47. The zero-order chi connectivity index (χ0) is 14.1. The quantitative estimate of drug-likeness (QED) is 0.597. The number of nitrogens with zero attached hydrogens (tertiary/aromatic N) is 1. The third-order valence-corrected chi connectivity index (χ3v) is 4.57. The lowest BCUT2D eigenvalue weighted by atomic mass is 10.1. The molecule has 0 aromatic heterocycles. The number of para-hydroxylation sites is 1. The van der Waals surface area contributed by atoms with E-state index in [4.69, 9.17) is 11.6 Å². The fraction of sp³-hybridized carbons (Fsp3) is 0.0625. The number of ketones is 1. The third-order valence-electron chi connectivity index (χ3n) is 3.16. The molecule has 4 heteroatoms. The topological polar surface area (TPSA) is 20.3 Å². The van der Waals surface area contributed by atoms with E-state index in [1.54, 1.807) is 42.1 Å². The van der Waals surface area contributed by atoms with Gasteiger partial charge < -0.3 is 4.90 Å². The smallest absolute Gasteiger partial charge is 0.188 e. The monoisotopic (exact) mass is 301 g/mol. The molecule has 0 atom stereocenters. The van der Waals surface area contributed by atoms with Crippen LogP contribution in [0.2, 0.25) is 5.02 Å². The molecule has 0 unspecified atom stereocenters. The molecule has 0 N–H and O–H groups in total. The standard InChI is InChI=1S/C16H12ClNOS/c1-18-13-4-2-3-5-15(13)20-16(18)10-14(19)11-6-8-12(17)9-7-11/h2-10H,1H3. The normalized spacial score (nSPS) is 15.5. The molecular weight excluding hydrogens is 290 g/mol. The molecule has 0 saturated carbocycles. The van der Waals surface area contributed by atoms with Crippen LogP contribution in [0.25, 0.3) is 0 Å². The summed E-state index contributed by atoms with van der Waals surface area (Å²) in [4.78, 5) is 15.5. The van der Waals surface area contributed by atoms with Crippen molar-refractivity contribution in [3.63, 3.8) is 0 Å². The molecule has 3 rings (SSSR count). The van der Waals surface area contributed by atoms with Crippen molar-refractivity contribution >= 4 is 34.8 Å². The van der Waals surface area contributed by atoms with Crippen molar-refractivity contribution in [2.45, 2.75) is 4.90 Å². The van der Waals surface area contributed by atoms with Gasteiger partial charge in [-0.05, 0) is 36.4 Å². The minimum Gasteiger partial charge on any atom is -0.338 e. The van der Waals surface area contributed by atoms with Gasteiger partial charge in [0.05, 0.1) is 10.7 Å². The number of anilines is 1. The van der Waals surface area contributed by atoms with E-state index in [-0.39, 0.29) is 5.78 Å². The Kier molecular flexibility index (Phi) is 3.55. The minimum absolute atomic E-state index is 0.0103. The summed E-state index contributed by atoms with van der Waals surface area (Å²) in [5.74, 6) is -0.0103. The number of carbonyl (C=O) groups is 1. The molecule has 0 amide bonds. The van der Waals surface area contributed by atoms with Gasteiger partial charge in [-0.2, -0.15) is 0 Å². The first-order valence-corrected chi connectivity index (χ1v) is 7.37. The van der Waals surface area contributed by atoms with Crippen molar-refractivity contribution in [1.82, 2.24) is 0 Å². The van der Waals surface area contributed by atoms with Crippen LogP contribution in [0.15, 0.2) is 64.5 Å². The Bertz CT molecular complexity index is 694. The van der Waals surface area contributed by atoms with E-state index in [2.05, 4.69) is 12.1 Å². The van der Waals surface area contributed by atoms with Gasteiger partial charge in [0.25, 0.3) is 0 Å². The van der Waals surface area contributed by atoms with Crippen LogP contribution >= 0.6 is 23.4 Å². The van der Waals surface area contributed by atoms with Crippen LogP contribution in [0.4, 0.5) is 5.69 Å². The van der Waals surface area contributed by atoms with Crippen molar-refractivity contribution in [2.75, 3.05) is 11.9 Å². The molecule has 1 aliphatic rings. The highest BCUT2D eigenvalue weighted by atomic mass is 35.5. The Hall–Kier alpha value is -1.71. The Balaban J connectivity index is 1.87. The van der Waals surface area contributed by atoms with Crippen LogP contribution in [0.3, 0.4) is 0 Å². The van der Waals surface area contributed by atoms with Crippen LogP contribution in [0, 0.1) is 0 Å². The molecule has 0 bridgehead atoms. The first-order valence-electron chi connectivity index (χ1n) is 6.17. The summed E-state index contributed by atoms with van der Waals surface area (Å²) in [5, 5.41) is 1.57. The van der Waals surface area contributed by atoms with Gasteiger partial charge in [-0.1, -0.05) is 35.5 Å². The van der Waals surface area contributed by atoms with Crippen LogP contribution < -0.4 is 4.90 Å². The van der Waals surface area contributed by atoms with E-state index >= 15 is 0 Å². The molecule has 1 heterocycles. The molecule has 0 saturated heterocycles. The average molecular weight is 302 g/mol. The number of benzene rings is 2. The lowest BCUT2D eigenvalue weighted by molar-refractivity contribution is 0.104. The van der Waals surface area contributed by atoms with Crippen LogP contribution in [-0.4, -0.2) is 12.8 Å². The van der Waals surface area contributed by atoms with E-state index < -0.39 is 0 Å². The maximum absolute atomic E-state index is 12.2. The van der Waals surface area contributed by atoms with Gasteiger partial charge in [-0.15, -0.1) is 0 Å². The lowest BCUT2D eigenvalue weighted by Crippen LogP contribution is -2.11. The van der Waals surface area contributed by atoms with Gasteiger partial charge in [-0.25, -0.2) is 0 Å². The van der Waals surface area contributed by atoms with E-state index in [9.17, 15) is 4.79 Å². The molecule has 0 radical (unpaired) electrons. The largest absolute Gasteiger partial charge is 0.338 e. The van der Waals surface area contributed by atoms with E-state index in [1.807, 2.05) is 24.1 Å². The Labute approximate surface area is 127 Å². The zero-order valence-corrected chi connectivity index (χ0v) is 12.4. The summed E-state index contributed by atoms with van der Waals surface area (Å²) in [5.41, 5.74) is 1.78. The molecule has 2 aromatic carbocycles. The summed E-state index contributed by atoms with van der Waals surface area (Å²) in [6, 6.07) is 15.1. The fourth-order valence-electron chi connectivity index (χ4n) is 2.06. The van der Waals surface area contributed by atoms with Crippen LogP contribution in [0.1, 0.15) is 10.4 Å². The predicted molar refractivity (Wildman–Crippen MR) is 84.6 cm³/mol. The molecule has 2 aromatic rings. The Morgan fingerprint density at radius 1 is 1.15 bits per heavy atom. The zero-order valence-electron chi connectivity index (χ0n) is 10.8. The van der Waals surface area contributed by atoms with E-state index in [1.165, 1.54) is 4.90 Å². The second-order valence-corrected chi connectivity index (χ2v) is 5.98. The highest BCUT2D eigenvalue weighted by molar-refractivity contribution is 8.03. The van der Waals surface area contributed by atoms with E-state index in [0.717, 1.165) is 10.7 Å². The fourth-order valence-corrected chi connectivity index (χ4v) is 3.27. The number of thioether (sulfide) groups is 1. The molecule has 0 fully saturated rings. The minimum atomic E-state index is -0.0103. The molecule has 0 aliphatic carbocycles. The summed E-state index contributed by atoms with van der Waals surface area (Å²) in [6.07, 6.45) is 1.67. The van der Waals surface area contributed by atoms with Crippen molar-refractivity contribution < 1.29 is 4.79 Å². The summed E-state index contributed by atoms with van der Waals surface area (Å²) < 4.78 is 0. The highest BCUT2D eigenvalue weighted by Gasteiger charge is 2.22. The molecule has 20 heavy (non-hydrogen) atoms. The highest BCUT2D eigenvalue weighted by Crippen LogP contribution is 2.44. The summed E-state index contributed by atoms with van der Waals surface area (Å²) in [7, 11) is 1.97. The first-order chi connectivity index (χ1) is 9.65. The van der Waals surface area contributed by atoms with Crippen LogP contribution in [0.5, 0.6) is 0 Å².